The molecule has 5 nitrogen and oxygen atoms in total. The highest BCUT2D eigenvalue weighted by atomic mass is 16.2. The molecule has 2 fully saturated rings. The van der Waals surface area contributed by atoms with Gasteiger partial charge < -0.3 is 14.8 Å². The number of amides is 2. The summed E-state index contributed by atoms with van der Waals surface area (Å²) in [7, 11) is 0. The predicted molar refractivity (Wildman–Crippen MR) is 86.6 cm³/mol. The number of carbonyl (C=O) groups is 1. The first kappa shape index (κ1) is 15.4. The molecule has 122 valence electrons. The van der Waals surface area contributed by atoms with Crippen molar-refractivity contribution in [2.75, 3.05) is 13.1 Å². The van der Waals surface area contributed by atoms with Crippen molar-refractivity contribution in [3.8, 4) is 0 Å². The zero-order chi connectivity index (χ0) is 16.0. The van der Waals surface area contributed by atoms with Gasteiger partial charge >= 0.3 is 6.03 Å². The molecule has 1 aliphatic carbocycles. The molecule has 5 heteroatoms. The monoisotopic (exact) mass is 304 g/mol. The normalized spacial score (nSPS) is 29.6. The van der Waals surface area contributed by atoms with E-state index in [1.165, 1.54) is 6.42 Å². The number of carbonyl (C=O) groups excluding carboxylic acids is 1. The number of fused-ring (bicyclic) bond motifs is 2. The van der Waals surface area contributed by atoms with Crippen LogP contribution in [0.5, 0.6) is 0 Å². The number of hydrogen-bond donors (Lipinski definition) is 1. The number of aromatic nitrogens is 2. The molecule has 2 amide bonds. The molecule has 1 saturated heterocycles. The minimum absolute atomic E-state index is 0.101. The number of nitrogens with one attached hydrogen (secondary N) is 1. The summed E-state index contributed by atoms with van der Waals surface area (Å²) in [6.45, 7) is 11.3. The Morgan fingerprint density at radius 1 is 1.41 bits per heavy atom. The Morgan fingerprint density at radius 2 is 2.18 bits per heavy atom. The molecule has 0 unspecified atom stereocenters. The summed E-state index contributed by atoms with van der Waals surface area (Å²) in [5.41, 5.74) is 0.644. The maximum absolute atomic E-state index is 12.5. The van der Waals surface area contributed by atoms with E-state index in [0.717, 1.165) is 31.8 Å². The second-order valence-corrected chi connectivity index (χ2v) is 8.24. The van der Waals surface area contributed by atoms with Gasteiger partial charge in [-0.15, -0.1) is 0 Å². The van der Waals surface area contributed by atoms with E-state index in [1.807, 2.05) is 13.1 Å². The van der Waals surface area contributed by atoms with Crippen LogP contribution in [0.1, 0.15) is 45.9 Å². The summed E-state index contributed by atoms with van der Waals surface area (Å²) in [5, 5.41) is 3.09. The highest BCUT2D eigenvalue weighted by Crippen LogP contribution is 2.52. The zero-order valence-electron chi connectivity index (χ0n) is 14.2. The van der Waals surface area contributed by atoms with Crippen LogP contribution < -0.4 is 5.32 Å². The van der Waals surface area contributed by atoms with Gasteiger partial charge in [-0.2, -0.15) is 0 Å². The topological polar surface area (TPSA) is 50.2 Å². The number of aryl methyl sites for hydroxylation is 1. The summed E-state index contributed by atoms with van der Waals surface area (Å²) >= 11 is 0. The van der Waals surface area contributed by atoms with Crippen LogP contribution in [0.3, 0.4) is 0 Å². The van der Waals surface area contributed by atoms with E-state index in [0.29, 0.717) is 23.4 Å². The molecule has 0 spiro atoms. The Labute approximate surface area is 133 Å². The minimum Gasteiger partial charge on any atom is -0.336 e. The van der Waals surface area contributed by atoms with Crippen molar-refractivity contribution in [3.63, 3.8) is 0 Å². The van der Waals surface area contributed by atoms with E-state index >= 15 is 0 Å². The summed E-state index contributed by atoms with van der Waals surface area (Å²) in [4.78, 5) is 18.8. The Bertz CT molecular complexity index is 565. The van der Waals surface area contributed by atoms with Crippen LogP contribution in [0.4, 0.5) is 4.79 Å². The fraction of sp³-hybridized carbons (Fsp3) is 0.765. The van der Waals surface area contributed by atoms with Crippen LogP contribution in [0.2, 0.25) is 0 Å². The van der Waals surface area contributed by atoms with Gasteiger partial charge in [-0.05, 0) is 37.0 Å². The zero-order valence-corrected chi connectivity index (χ0v) is 14.2. The number of urea groups is 1. The van der Waals surface area contributed by atoms with Crippen molar-refractivity contribution in [1.82, 2.24) is 19.8 Å². The lowest BCUT2D eigenvalue weighted by atomic mass is 9.65. The highest BCUT2D eigenvalue weighted by Gasteiger charge is 2.50. The molecule has 1 saturated carbocycles. The summed E-state index contributed by atoms with van der Waals surface area (Å²) in [6, 6.07) is 0.507. The third-order valence-corrected chi connectivity index (χ3v) is 5.23. The lowest BCUT2D eigenvalue weighted by molar-refractivity contribution is 0.129. The van der Waals surface area contributed by atoms with Gasteiger partial charge in [0.2, 0.25) is 0 Å². The van der Waals surface area contributed by atoms with E-state index in [4.69, 9.17) is 0 Å². The molecule has 0 aromatic carbocycles. The molecule has 1 aromatic rings. The van der Waals surface area contributed by atoms with Crippen molar-refractivity contribution in [2.24, 2.45) is 10.8 Å². The van der Waals surface area contributed by atoms with E-state index in [-0.39, 0.29) is 6.03 Å². The maximum atomic E-state index is 12.5. The third kappa shape index (κ3) is 2.99. The highest BCUT2D eigenvalue weighted by molar-refractivity contribution is 5.75. The average Bonchev–Trinajstić information content (AvgIpc) is 2.89. The van der Waals surface area contributed by atoms with Crippen LogP contribution in [-0.2, 0) is 6.54 Å². The first-order valence-corrected chi connectivity index (χ1v) is 8.30. The SMILES string of the molecule is Cc1nccn1CCNC(=O)N1C[C@]2(C)C[C@H]1CC(C)(C)C2. The number of likely N-dealkylation sites (tertiary alicyclic amines) is 1. The van der Waals surface area contributed by atoms with Crippen molar-refractivity contribution < 1.29 is 4.79 Å². The molecule has 3 rings (SSSR count). The summed E-state index contributed by atoms with van der Waals surface area (Å²) < 4.78 is 2.06. The molecule has 1 N–H and O–H groups in total. The minimum atomic E-state index is 0.101. The van der Waals surface area contributed by atoms with E-state index in [2.05, 4.69) is 40.5 Å². The van der Waals surface area contributed by atoms with Crippen LogP contribution in [-0.4, -0.2) is 39.6 Å². The molecule has 2 atom stereocenters. The van der Waals surface area contributed by atoms with Gasteiger partial charge in [0.15, 0.2) is 0 Å². The number of hydrogen-bond acceptors (Lipinski definition) is 2. The van der Waals surface area contributed by atoms with Crippen molar-refractivity contribution >= 4 is 6.03 Å². The van der Waals surface area contributed by atoms with E-state index in [1.54, 1.807) is 6.20 Å². The van der Waals surface area contributed by atoms with Crippen molar-refractivity contribution in [2.45, 2.75) is 59.5 Å². The van der Waals surface area contributed by atoms with E-state index < -0.39 is 0 Å². The molecule has 1 aliphatic heterocycles. The predicted octanol–water partition coefficient (Wildman–Crippen LogP) is 2.80. The molecule has 2 aliphatic rings. The molecule has 1 aromatic heterocycles. The van der Waals surface area contributed by atoms with Gasteiger partial charge in [-0.25, -0.2) is 9.78 Å². The van der Waals surface area contributed by atoms with Crippen LogP contribution in [0, 0.1) is 17.8 Å². The van der Waals surface area contributed by atoms with Gasteiger partial charge in [0.25, 0.3) is 0 Å². The van der Waals surface area contributed by atoms with Crippen LogP contribution in [0.15, 0.2) is 12.4 Å². The number of rotatable bonds is 3. The molecular weight excluding hydrogens is 276 g/mol. The second kappa shape index (κ2) is 5.28. The van der Waals surface area contributed by atoms with E-state index in [9.17, 15) is 4.79 Å². The lowest BCUT2D eigenvalue weighted by Gasteiger charge is -2.39. The Balaban J connectivity index is 1.56. The molecular formula is C17H28N4O. The number of nitrogens with zero attached hydrogens (tertiary/aromatic N) is 3. The second-order valence-electron chi connectivity index (χ2n) is 8.24. The van der Waals surface area contributed by atoms with Crippen LogP contribution in [0.25, 0.3) is 0 Å². The Hall–Kier alpha value is -1.52. The fourth-order valence-corrected chi connectivity index (χ4v) is 4.72. The fourth-order valence-electron chi connectivity index (χ4n) is 4.72. The standard InChI is InChI=1S/C17H28N4O/c1-13-18-5-7-20(13)8-6-19-15(22)21-12-17(4)10-14(21)9-16(2,3)11-17/h5,7,14H,6,8-12H2,1-4H3,(H,19,22)/t14-,17-/m1/s1. The quantitative estimate of drug-likeness (QED) is 0.933. The molecule has 22 heavy (non-hydrogen) atoms. The van der Waals surface area contributed by atoms with Crippen molar-refractivity contribution in [1.29, 1.82) is 0 Å². The molecule has 0 radical (unpaired) electrons. The van der Waals surface area contributed by atoms with Gasteiger partial charge in [0.05, 0.1) is 0 Å². The lowest BCUT2D eigenvalue weighted by Crippen LogP contribution is -2.44. The largest absolute Gasteiger partial charge is 0.336 e. The maximum Gasteiger partial charge on any atom is 0.317 e. The van der Waals surface area contributed by atoms with Crippen molar-refractivity contribution in [3.05, 3.63) is 18.2 Å². The Kier molecular flexibility index (Phi) is 3.69. The van der Waals surface area contributed by atoms with Gasteiger partial charge in [0.1, 0.15) is 5.82 Å². The van der Waals surface area contributed by atoms with Crippen LogP contribution >= 0.6 is 0 Å². The average molecular weight is 304 g/mol. The molecule has 2 heterocycles. The molecule has 2 bridgehead atoms. The first-order chi connectivity index (χ1) is 10.3. The number of imidazole rings is 1. The van der Waals surface area contributed by atoms with Gasteiger partial charge in [-0.3, -0.25) is 0 Å². The third-order valence-electron chi connectivity index (χ3n) is 5.23. The van der Waals surface area contributed by atoms with Gasteiger partial charge in [0, 0.05) is 38.1 Å². The first-order valence-electron chi connectivity index (χ1n) is 8.30. The summed E-state index contributed by atoms with van der Waals surface area (Å²) in [5.74, 6) is 0.987. The van der Waals surface area contributed by atoms with Gasteiger partial charge in [-0.1, -0.05) is 20.8 Å². The Morgan fingerprint density at radius 3 is 2.86 bits per heavy atom. The summed E-state index contributed by atoms with van der Waals surface area (Å²) in [6.07, 6.45) is 7.24. The smallest absolute Gasteiger partial charge is 0.317 e.